The Morgan fingerprint density at radius 2 is 1.81 bits per heavy atom. The van der Waals surface area contributed by atoms with Gasteiger partial charge >= 0.3 is 0 Å². The van der Waals surface area contributed by atoms with Gasteiger partial charge in [0, 0.05) is 42.3 Å². The molecule has 0 saturated heterocycles. The number of rotatable bonds is 4. The van der Waals surface area contributed by atoms with Crippen LogP contribution in [0.4, 0.5) is 0 Å². The van der Waals surface area contributed by atoms with Gasteiger partial charge < -0.3 is 4.40 Å². The quantitative estimate of drug-likeness (QED) is 0.359. The zero-order valence-corrected chi connectivity index (χ0v) is 18.0. The van der Waals surface area contributed by atoms with Crippen molar-refractivity contribution in [1.82, 2.24) is 19.4 Å². The Balaban J connectivity index is 0.000000166. The third-order valence-electron chi connectivity index (χ3n) is 5.20. The molecule has 0 unspecified atom stereocenters. The molecule has 5 rings (SSSR count). The van der Waals surface area contributed by atoms with Crippen molar-refractivity contribution in [2.75, 3.05) is 0 Å². The summed E-state index contributed by atoms with van der Waals surface area (Å²) in [6.45, 7) is 8.13. The zero-order valence-electron chi connectivity index (χ0n) is 18.0. The summed E-state index contributed by atoms with van der Waals surface area (Å²) in [4.78, 5) is 13.2. The van der Waals surface area contributed by atoms with Crippen molar-refractivity contribution >= 4 is 21.9 Å². The predicted octanol–water partition coefficient (Wildman–Crippen LogP) is 6.15. The summed E-state index contributed by atoms with van der Waals surface area (Å²) in [5.41, 5.74) is 5.41. The van der Waals surface area contributed by atoms with Crippen LogP contribution in [0.1, 0.15) is 36.6 Å². The fourth-order valence-electron chi connectivity index (χ4n) is 3.69. The van der Waals surface area contributed by atoms with Gasteiger partial charge in [0.1, 0.15) is 5.82 Å². The number of allylic oxidation sites excluding steroid dienone is 1. The molecule has 0 aliphatic heterocycles. The minimum atomic E-state index is 0.770. The monoisotopic (exact) mass is 406 g/mol. The Kier molecular flexibility index (Phi) is 6.18. The lowest BCUT2D eigenvalue weighted by molar-refractivity contribution is 0.953. The van der Waals surface area contributed by atoms with E-state index in [1.807, 2.05) is 43.7 Å². The van der Waals surface area contributed by atoms with Crippen LogP contribution in [0.15, 0.2) is 92.0 Å². The minimum absolute atomic E-state index is 0.770. The average molecular weight is 407 g/mol. The first-order valence-electron chi connectivity index (χ1n) is 10.5. The molecule has 1 aromatic carbocycles. The van der Waals surface area contributed by atoms with E-state index in [4.69, 9.17) is 4.98 Å². The fourth-order valence-corrected chi connectivity index (χ4v) is 3.69. The number of aryl methyl sites for hydroxylation is 1. The van der Waals surface area contributed by atoms with Crippen LogP contribution >= 0.6 is 0 Å². The molecule has 0 N–H and O–H groups in total. The van der Waals surface area contributed by atoms with Gasteiger partial charge in [-0.15, -0.1) is 0 Å². The number of hydrogen-bond donors (Lipinski definition) is 0. The summed E-state index contributed by atoms with van der Waals surface area (Å²) in [5, 5.41) is 2.56. The van der Waals surface area contributed by atoms with Crippen LogP contribution < -0.4 is 0 Å². The Labute approximate surface area is 183 Å². The van der Waals surface area contributed by atoms with Crippen LogP contribution in [0.5, 0.6) is 0 Å². The average Bonchev–Trinajstić information content (AvgIpc) is 3.18. The molecule has 31 heavy (non-hydrogen) atoms. The number of aromatic nitrogens is 4. The molecule has 4 heteroatoms. The molecule has 154 valence electrons. The molecule has 0 aliphatic rings. The highest BCUT2D eigenvalue weighted by Gasteiger charge is 2.11. The number of imidazole rings is 1. The molecule has 0 aliphatic carbocycles. The van der Waals surface area contributed by atoms with Gasteiger partial charge in [0.25, 0.3) is 0 Å². The summed E-state index contributed by atoms with van der Waals surface area (Å²) < 4.78 is 2.12. The third-order valence-corrected chi connectivity index (χ3v) is 5.20. The lowest BCUT2D eigenvalue weighted by Crippen LogP contribution is -1.96. The van der Waals surface area contributed by atoms with Crippen LogP contribution in [0.2, 0.25) is 0 Å². The van der Waals surface area contributed by atoms with Crippen LogP contribution in [0.25, 0.3) is 21.9 Å². The van der Waals surface area contributed by atoms with E-state index in [2.05, 4.69) is 70.3 Å². The molecular weight excluding hydrogens is 380 g/mol. The fraction of sp³-hybridized carbons (Fsp3) is 0.148. The maximum absolute atomic E-state index is 4.72. The second-order valence-corrected chi connectivity index (χ2v) is 7.48. The molecule has 4 nitrogen and oxygen atoms in total. The molecule has 0 bridgehead atoms. The Morgan fingerprint density at radius 1 is 0.968 bits per heavy atom. The molecule has 0 atom stereocenters. The first kappa shape index (κ1) is 20.5. The Morgan fingerprint density at radius 3 is 2.58 bits per heavy atom. The molecule has 0 saturated carbocycles. The number of benzene rings is 1. The number of fused-ring (bicyclic) bond motifs is 2. The van der Waals surface area contributed by atoms with Gasteiger partial charge in [0.15, 0.2) is 0 Å². The van der Waals surface area contributed by atoms with E-state index >= 15 is 0 Å². The topological polar surface area (TPSA) is 43.1 Å². The molecule has 0 spiro atoms. The Bertz CT molecular complexity index is 1310. The summed E-state index contributed by atoms with van der Waals surface area (Å²) >= 11 is 0. The molecule has 0 radical (unpaired) electrons. The van der Waals surface area contributed by atoms with Crippen molar-refractivity contribution in [2.45, 2.75) is 26.7 Å². The van der Waals surface area contributed by atoms with Gasteiger partial charge in [-0.2, -0.15) is 0 Å². The SMILES string of the molecule is C=C(C)c1nc(Cc2cccnc2)n2ccccc12.CCc1nccc2ccccc12. The zero-order chi connectivity index (χ0) is 21.6. The predicted molar refractivity (Wildman–Crippen MR) is 128 cm³/mol. The highest BCUT2D eigenvalue weighted by atomic mass is 15.0. The minimum Gasteiger partial charge on any atom is -0.303 e. The number of hydrogen-bond acceptors (Lipinski definition) is 3. The lowest BCUT2D eigenvalue weighted by Gasteiger charge is -2.01. The van der Waals surface area contributed by atoms with E-state index < -0.39 is 0 Å². The van der Waals surface area contributed by atoms with E-state index in [1.54, 1.807) is 6.20 Å². The van der Waals surface area contributed by atoms with Crippen molar-refractivity contribution in [3.05, 3.63) is 115 Å². The number of nitrogens with zero attached hydrogens (tertiary/aromatic N) is 4. The highest BCUT2D eigenvalue weighted by molar-refractivity contribution is 5.84. The molecule has 4 aromatic heterocycles. The molecule has 5 aromatic rings. The summed E-state index contributed by atoms with van der Waals surface area (Å²) in [5.74, 6) is 1.02. The van der Waals surface area contributed by atoms with E-state index in [9.17, 15) is 0 Å². The van der Waals surface area contributed by atoms with E-state index in [0.717, 1.165) is 41.0 Å². The normalized spacial score (nSPS) is 10.6. The van der Waals surface area contributed by atoms with Gasteiger partial charge in [-0.25, -0.2) is 4.98 Å². The smallest absolute Gasteiger partial charge is 0.118 e. The van der Waals surface area contributed by atoms with Crippen molar-refractivity contribution in [3.63, 3.8) is 0 Å². The summed E-state index contributed by atoms with van der Waals surface area (Å²) in [6, 6.07) is 20.5. The van der Waals surface area contributed by atoms with Crippen molar-refractivity contribution in [1.29, 1.82) is 0 Å². The van der Waals surface area contributed by atoms with E-state index in [-0.39, 0.29) is 0 Å². The highest BCUT2D eigenvalue weighted by Crippen LogP contribution is 2.21. The maximum atomic E-state index is 4.72. The van der Waals surface area contributed by atoms with Crippen LogP contribution in [-0.2, 0) is 12.8 Å². The van der Waals surface area contributed by atoms with Gasteiger partial charge in [-0.05, 0) is 54.1 Å². The summed E-state index contributed by atoms with van der Waals surface area (Å²) in [6.07, 6.45) is 9.35. The van der Waals surface area contributed by atoms with Crippen LogP contribution in [-0.4, -0.2) is 19.4 Å². The summed E-state index contributed by atoms with van der Waals surface area (Å²) in [7, 11) is 0. The molecule has 4 heterocycles. The van der Waals surface area contributed by atoms with E-state index in [0.29, 0.717) is 0 Å². The van der Waals surface area contributed by atoms with Gasteiger partial charge in [0.05, 0.1) is 11.2 Å². The Hall–Kier alpha value is -3.79. The van der Waals surface area contributed by atoms with Crippen molar-refractivity contribution in [2.24, 2.45) is 0 Å². The van der Waals surface area contributed by atoms with Gasteiger partial charge in [-0.3, -0.25) is 9.97 Å². The third kappa shape index (κ3) is 4.53. The van der Waals surface area contributed by atoms with Gasteiger partial charge in [-0.1, -0.05) is 49.9 Å². The first-order valence-corrected chi connectivity index (χ1v) is 10.5. The van der Waals surface area contributed by atoms with Crippen molar-refractivity contribution < 1.29 is 0 Å². The standard InChI is InChI=1S/C16H15N3.C11H11N/c1-12(2)16-14-7-3-4-9-19(14)15(18-16)10-13-6-5-8-17-11-13;1-2-11-10-6-4-3-5-9(10)7-8-12-11/h3-9,11H,1,10H2,2H3;3-8H,2H2,1H3. The second kappa shape index (κ2) is 9.35. The number of pyridine rings is 3. The first-order chi connectivity index (χ1) is 15.2. The second-order valence-electron chi connectivity index (χ2n) is 7.48. The molecule has 0 amide bonds. The van der Waals surface area contributed by atoms with Crippen molar-refractivity contribution in [3.8, 4) is 0 Å². The largest absolute Gasteiger partial charge is 0.303 e. The maximum Gasteiger partial charge on any atom is 0.118 e. The van der Waals surface area contributed by atoms with Crippen LogP contribution in [0, 0.1) is 0 Å². The van der Waals surface area contributed by atoms with Gasteiger partial charge in [0.2, 0.25) is 0 Å². The van der Waals surface area contributed by atoms with Crippen LogP contribution in [0.3, 0.4) is 0 Å². The lowest BCUT2D eigenvalue weighted by atomic mass is 10.1. The van der Waals surface area contributed by atoms with E-state index in [1.165, 1.54) is 16.5 Å². The molecule has 0 fully saturated rings. The molecular formula is C27H26N4.